The zero-order valence-corrected chi connectivity index (χ0v) is 8.33. The molecular formula is C11H11FN2O. The van der Waals surface area contributed by atoms with Crippen molar-refractivity contribution in [3.8, 4) is 0 Å². The molecule has 0 amide bonds. The van der Waals surface area contributed by atoms with Gasteiger partial charge in [0.15, 0.2) is 5.43 Å². The largest absolute Gasteiger partial charge is 0.348 e. The summed E-state index contributed by atoms with van der Waals surface area (Å²) < 4.78 is 15.1. The molecule has 0 unspecified atom stereocenters. The minimum atomic E-state index is -0.393. The summed E-state index contributed by atoms with van der Waals surface area (Å²) in [7, 11) is 1.70. The van der Waals surface area contributed by atoms with Crippen molar-refractivity contribution in [2.45, 2.75) is 6.54 Å². The van der Waals surface area contributed by atoms with Gasteiger partial charge in [0.1, 0.15) is 5.82 Å². The SMILES string of the molecule is Cn1cc(CN)c(=O)c2cccc(F)c21. The summed E-state index contributed by atoms with van der Waals surface area (Å²) in [6, 6.07) is 4.48. The predicted octanol–water partition coefficient (Wildman–Crippen LogP) is 1.14. The maximum absolute atomic E-state index is 13.5. The Kier molecular flexibility index (Phi) is 2.28. The topological polar surface area (TPSA) is 48.0 Å². The first-order valence-corrected chi connectivity index (χ1v) is 4.62. The van der Waals surface area contributed by atoms with E-state index in [4.69, 9.17) is 5.73 Å². The van der Waals surface area contributed by atoms with Gasteiger partial charge in [-0.1, -0.05) is 6.07 Å². The number of halogens is 1. The molecule has 0 aliphatic rings. The van der Waals surface area contributed by atoms with E-state index >= 15 is 0 Å². The first kappa shape index (κ1) is 9.86. The molecule has 0 aliphatic heterocycles. The quantitative estimate of drug-likeness (QED) is 0.760. The second-order valence-electron chi connectivity index (χ2n) is 3.43. The highest BCUT2D eigenvalue weighted by Gasteiger charge is 2.09. The molecule has 0 aliphatic carbocycles. The second kappa shape index (κ2) is 3.47. The molecule has 2 aromatic rings. The average Bonchev–Trinajstić information content (AvgIpc) is 2.23. The summed E-state index contributed by atoms with van der Waals surface area (Å²) in [5, 5.41) is 0.375. The summed E-state index contributed by atoms with van der Waals surface area (Å²) in [4.78, 5) is 11.8. The number of aromatic nitrogens is 1. The van der Waals surface area contributed by atoms with Crippen LogP contribution in [-0.2, 0) is 13.6 Å². The van der Waals surface area contributed by atoms with Gasteiger partial charge in [0, 0.05) is 30.7 Å². The predicted molar refractivity (Wildman–Crippen MR) is 57.0 cm³/mol. The van der Waals surface area contributed by atoms with Crippen LogP contribution in [0, 0.1) is 5.82 Å². The van der Waals surface area contributed by atoms with Crippen molar-refractivity contribution in [3.63, 3.8) is 0 Å². The molecule has 1 aromatic carbocycles. The van der Waals surface area contributed by atoms with E-state index in [0.29, 0.717) is 16.5 Å². The van der Waals surface area contributed by atoms with E-state index in [2.05, 4.69) is 0 Å². The third-order valence-electron chi connectivity index (χ3n) is 2.45. The lowest BCUT2D eigenvalue weighted by molar-refractivity contribution is 0.630. The van der Waals surface area contributed by atoms with Crippen molar-refractivity contribution < 1.29 is 4.39 Å². The fraction of sp³-hybridized carbons (Fsp3) is 0.182. The number of pyridine rings is 1. The Bertz CT molecular complexity index is 575. The van der Waals surface area contributed by atoms with Crippen molar-refractivity contribution in [3.05, 3.63) is 46.0 Å². The molecule has 0 saturated heterocycles. The lowest BCUT2D eigenvalue weighted by Crippen LogP contribution is -2.17. The monoisotopic (exact) mass is 206 g/mol. The number of fused-ring (bicyclic) bond motifs is 1. The van der Waals surface area contributed by atoms with Gasteiger partial charge in [0.05, 0.1) is 5.52 Å². The maximum Gasteiger partial charge on any atom is 0.193 e. The first-order chi connectivity index (χ1) is 7.15. The highest BCUT2D eigenvalue weighted by Crippen LogP contribution is 2.14. The number of benzene rings is 1. The van der Waals surface area contributed by atoms with Crippen LogP contribution in [-0.4, -0.2) is 4.57 Å². The smallest absolute Gasteiger partial charge is 0.193 e. The average molecular weight is 206 g/mol. The van der Waals surface area contributed by atoms with Crippen molar-refractivity contribution in [1.82, 2.24) is 4.57 Å². The number of hydrogen-bond donors (Lipinski definition) is 1. The fourth-order valence-electron chi connectivity index (χ4n) is 1.73. The van der Waals surface area contributed by atoms with Gasteiger partial charge in [0.2, 0.25) is 0 Å². The molecule has 3 nitrogen and oxygen atoms in total. The first-order valence-electron chi connectivity index (χ1n) is 4.62. The van der Waals surface area contributed by atoms with E-state index < -0.39 is 5.82 Å². The van der Waals surface area contributed by atoms with Gasteiger partial charge in [0.25, 0.3) is 0 Å². The Hall–Kier alpha value is -1.68. The number of nitrogens with zero attached hydrogens (tertiary/aromatic N) is 1. The number of hydrogen-bond acceptors (Lipinski definition) is 2. The summed E-state index contributed by atoms with van der Waals surface area (Å²) >= 11 is 0. The van der Waals surface area contributed by atoms with Crippen molar-refractivity contribution >= 4 is 10.9 Å². The lowest BCUT2D eigenvalue weighted by atomic mass is 10.1. The number of para-hydroxylation sites is 1. The number of aryl methyl sites for hydroxylation is 1. The van der Waals surface area contributed by atoms with Crippen LogP contribution in [0.1, 0.15) is 5.56 Å². The Morgan fingerprint density at radius 3 is 2.87 bits per heavy atom. The van der Waals surface area contributed by atoms with Gasteiger partial charge in [-0.15, -0.1) is 0 Å². The molecule has 0 fully saturated rings. The molecule has 0 radical (unpaired) electrons. The van der Waals surface area contributed by atoms with E-state index in [1.807, 2.05) is 0 Å². The van der Waals surface area contributed by atoms with E-state index in [9.17, 15) is 9.18 Å². The molecular weight excluding hydrogens is 195 g/mol. The second-order valence-corrected chi connectivity index (χ2v) is 3.43. The summed E-state index contributed by atoms with van der Waals surface area (Å²) in [5.41, 5.74) is 6.07. The van der Waals surface area contributed by atoms with Crippen molar-refractivity contribution in [2.75, 3.05) is 0 Å². The van der Waals surface area contributed by atoms with Crippen LogP contribution < -0.4 is 11.2 Å². The van der Waals surface area contributed by atoms with Crippen LogP contribution >= 0.6 is 0 Å². The normalized spacial score (nSPS) is 10.9. The van der Waals surface area contributed by atoms with Crippen LogP contribution in [0.2, 0.25) is 0 Å². The van der Waals surface area contributed by atoms with Crippen LogP contribution in [0.4, 0.5) is 4.39 Å². The Balaban J connectivity index is 3.00. The van der Waals surface area contributed by atoms with Gasteiger partial charge in [-0.25, -0.2) is 4.39 Å². The van der Waals surface area contributed by atoms with E-state index in [-0.39, 0.29) is 12.0 Å². The van der Waals surface area contributed by atoms with Gasteiger partial charge >= 0.3 is 0 Å². The zero-order chi connectivity index (χ0) is 11.0. The molecule has 0 spiro atoms. The minimum absolute atomic E-state index is 0.166. The molecule has 2 rings (SSSR count). The van der Waals surface area contributed by atoms with Crippen LogP contribution in [0.3, 0.4) is 0 Å². The molecule has 0 bridgehead atoms. The molecule has 1 heterocycles. The summed E-state index contributed by atoms with van der Waals surface area (Å²) in [6.45, 7) is 0.166. The molecule has 78 valence electrons. The molecule has 0 atom stereocenters. The van der Waals surface area contributed by atoms with Gasteiger partial charge < -0.3 is 10.3 Å². The molecule has 4 heteroatoms. The van der Waals surface area contributed by atoms with Crippen LogP contribution in [0.5, 0.6) is 0 Å². The minimum Gasteiger partial charge on any atom is -0.348 e. The van der Waals surface area contributed by atoms with Crippen LogP contribution in [0.25, 0.3) is 10.9 Å². The third kappa shape index (κ3) is 1.43. The number of nitrogens with two attached hydrogens (primary N) is 1. The van der Waals surface area contributed by atoms with Crippen molar-refractivity contribution in [1.29, 1.82) is 0 Å². The molecule has 15 heavy (non-hydrogen) atoms. The molecule has 1 aromatic heterocycles. The molecule has 2 N–H and O–H groups in total. The van der Waals surface area contributed by atoms with Gasteiger partial charge in [-0.2, -0.15) is 0 Å². The standard InChI is InChI=1S/C11H11FN2O/c1-14-6-7(5-13)11(15)8-3-2-4-9(12)10(8)14/h2-4,6H,5,13H2,1H3. The van der Waals surface area contributed by atoms with E-state index in [1.54, 1.807) is 23.9 Å². The maximum atomic E-state index is 13.5. The highest BCUT2D eigenvalue weighted by atomic mass is 19.1. The Morgan fingerprint density at radius 2 is 2.20 bits per heavy atom. The number of rotatable bonds is 1. The fourth-order valence-corrected chi connectivity index (χ4v) is 1.73. The van der Waals surface area contributed by atoms with Gasteiger partial charge in [-0.05, 0) is 12.1 Å². The van der Waals surface area contributed by atoms with Crippen molar-refractivity contribution in [2.24, 2.45) is 12.8 Å². The summed E-state index contributed by atoms with van der Waals surface area (Å²) in [5.74, 6) is -0.393. The Labute approximate surface area is 85.9 Å². The highest BCUT2D eigenvalue weighted by molar-refractivity contribution is 5.80. The Morgan fingerprint density at radius 1 is 1.47 bits per heavy atom. The van der Waals surface area contributed by atoms with E-state index in [0.717, 1.165) is 0 Å². The third-order valence-corrected chi connectivity index (χ3v) is 2.45. The van der Waals surface area contributed by atoms with Crippen LogP contribution in [0.15, 0.2) is 29.2 Å². The van der Waals surface area contributed by atoms with E-state index in [1.165, 1.54) is 12.1 Å². The van der Waals surface area contributed by atoms with Gasteiger partial charge in [-0.3, -0.25) is 4.79 Å². The lowest BCUT2D eigenvalue weighted by Gasteiger charge is -2.08. The zero-order valence-electron chi connectivity index (χ0n) is 8.33. The molecule has 0 saturated carbocycles. The summed E-state index contributed by atoms with van der Waals surface area (Å²) in [6.07, 6.45) is 1.58.